The molecule has 25 heavy (non-hydrogen) atoms. The van der Waals surface area contributed by atoms with Crippen LogP contribution in [0.4, 0.5) is 5.13 Å². The van der Waals surface area contributed by atoms with Crippen molar-refractivity contribution in [3.8, 4) is 11.5 Å². The Morgan fingerprint density at radius 3 is 2.80 bits per heavy atom. The lowest BCUT2D eigenvalue weighted by atomic mass is 10.1. The average Bonchev–Trinajstić information content (AvgIpc) is 3.00. The van der Waals surface area contributed by atoms with Gasteiger partial charge in [0.1, 0.15) is 0 Å². The molecule has 0 saturated heterocycles. The van der Waals surface area contributed by atoms with Crippen LogP contribution in [0.2, 0.25) is 0 Å². The molecule has 0 unspecified atom stereocenters. The number of ether oxygens (including phenoxy) is 2. The number of hydrogen-bond acceptors (Lipinski definition) is 6. The van der Waals surface area contributed by atoms with Crippen LogP contribution in [-0.2, 0) is 6.42 Å². The first-order chi connectivity index (χ1) is 12.2. The second kappa shape index (κ2) is 9.84. The first-order valence-electron chi connectivity index (χ1n) is 8.42. The van der Waals surface area contributed by atoms with Crippen LogP contribution in [0.15, 0.2) is 35.3 Å². The predicted octanol–water partition coefficient (Wildman–Crippen LogP) is 4.81. The number of anilines is 1. The molecule has 1 N–H and O–H groups in total. The van der Waals surface area contributed by atoms with E-state index in [2.05, 4.69) is 29.0 Å². The molecule has 0 fully saturated rings. The van der Waals surface area contributed by atoms with Crippen molar-refractivity contribution >= 4 is 22.7 Å². The van der Waals surface area contributed by atoms with E-state index in [1.165, 1.54) is 11.3 Å². The second-order valence-corrected chi connectivity index (χ2v) is 6.30. The average molecular weight is 359 g/mol. The molecule has 0 aliphatic carbocycles. The summed E-state index contributed by atoms with van der Waals surface area (Å²) in [6.07, 6.45) is 5.27. The Labute approximate surface area is 153 Å². The molecule has 0 saturated carbocycles. The van der Waals surface area contributed by atoms with Crippen molar-refractivity contribution in [2.75, 3.05) is 18.6 Å². The van der Waals surface area contributed by atoms with Crippen molar-refractivity contribution in [1.82, 2.24) is 4.98 Å². The van der Waals surface area contributed by atoms with E-state index in [0.717, 1.165) is 39.9 Å². The van der Waals surface area contributed by atoms with Crippen molar-refractivity contribution in [1.29, 1.82) is 0 Å². The minimum atomic E-state index is 0.577. The molecule has 0 spiro atoms. The van der Waals surface area contributed by atoms with Crippen LogP contribution in [0.1, 0.15) is 37.1 Å². The number of rotatable bonds is 10. The van der Waals surface area contributed by atoms with Gasteiger partial charge in [-0.15, -0.1) is 17.9 Å². The monoisotopic (exact) mass is 359 g/mol. The second-order valence-electron chi connectivity index (χ2n) is 5.45. The number of hydrogen-bond donors (Lipinski definition) is 1. The van der Waals surface area contributed by atoms with E-state index in [0.29, 0.717) is 19.6 Å². The van der Waals surface area contributed by atoms with Gasteiger partial charge >= 0.3 is 0 Å². The van der Waals surface area contributed by atoms with Crippen LogP contribution in [0, 0.1) is 6.92 Å². The Balaban J connectivity index is 2.25. The van der Waals surface area contributed by atoms with Crippen molar-refractivity contribution in [2.45, 2.75) is 33.6 Å². The van der Waals surface area contributed by atoms with Gasteiger partial charge < -0.3 is 9.47 Å². The summed E-state index contributed by atoms with van der Waals surface area (Å²) in [6.45, 7) is 11.1. The van der Waals surface area contributed by atoms with Gasteiger partial charge in [0.15, 0.2) is 11.5 Å². The quantitative estimate of drug-likeness (QED) is 0.376. The molecule has 1 aromatic heterocycles. The molecule has 5 nitrogen and oxygen atoms in total. The summed E-state index contributed by atoms with van der Waals surface area (Å²) in [5, 5.41) is 7.02. The summed E-state index contributed by atoms with van der Waals surface area (Å²) in [7, 11) is 0. The number of allylic oxidation sites excluding steroid dienone is 1. The number of aromatic nitrogens is 1. The third-order valence-corrected chi connectivity index (χ3v) is 4.13. The molecule has 0 amide bonds. The van der Waals surface area contributed by atoms with Gasteiger partial charge in [0.25, 0.3) is 0 Å². The number of thiazole rings is 1. The molecule has 0 radical (unpaired) electrons. The highest BCUT2D eigenvalue weighted by Crippen LogP contribution is 2.33. The van der Waals surface area contributed by atoms with E-state index in [1.807, 2.05) is 37.4 Å². The molecular weight excluding hydrogens is 334 g/mol. The molecule has 0 aliphatic rings. The Morgan fingerprint density at radius 2 is 2.16 bits per heavy atom. The number of aryl methyl sites for hydroxylation is 1. The van der Waals surface area contributed by atoms with E-state index in [-0.39, 0.29) is 0 Å². The zero-order chi connectivity index (χ0) is 18.1. The van der Waals surface area contributed by atoms with Gasteiger partial charge in [-0.1, -0.05) is 13.0 Å². The maximum absolute atomic E-state index is 5.91. The third-order valence-electron chi connectivity index (χ3n) is 3.26. The first kappa shape index (κ1) is 19.0. The topological polar surface area (TPSA) is 55.7 Å². The van der Waals surface area contributed by atoms with E-state index < -0.39 is 0 Å². The molecule has 2 aromatic rings. The fourth-order valence-electron chi connectivity index (χ4n) is 2.26. The molecule has 1 heterocycles. The van der Waals surface area contributed by atoms with Crippen LogP contribution in [0.3, 0.4) is 0 Å². The maximum Gasteiger partial charge on any atom is 0.203 e. The van der Waals surface area contributed by atoms with Gasteiger partial charge in [-0.05, 0) is 44.4 Å². The van der Waals surface area contributed by atoms with E-state index in [9.17, 15) is 0 Å². The van der Waals surface area contributed by atoms with Crippen molar-refractivity contribution in [2.24, 2.45) is 5.10 Å². The summed E-state index contributed by atoms with van der Waals surface area (Å²) in [6, 6.07) is 3.99. The lowest BCUT2D eigenvalue weighted by Crippen LogP contribution is -2.04. The van der Waals surface area contributed by atoms with Gasteiger partial charge in [0.05, 0.1) is 25.1 Å². The summed E-state index contributed by atoms with van der Waals surface area (Å²) in [4.78, 5) is 4.32. The third kappa shape index (κ3) is 5.60. The minimum Gasteiger partial charge on any atom is -0.490 e. The Hall–Kier alpha value is -2.34. The van der Waals surface area contributed by atoms with Crippen LogP contribution in [-0.4, -0.2) is 24.4 Å². The summed E-state index contributed by atoms with van der Waals surface area (Å²) in [5.41, 5.74) is 5.91. The van der Waals surface area contributed by atoms with Gasteiger partial charge in [-0.25, -0.2) is 4.98 Å². The fourth-order valence-corrected chi connectivity index (χ4v) is 2.90. The van der Waals surface area contributed by atoms with E-state index in [1.54, 1.807) is 6.21 Å². The van der Waals surface area contributed by atoms with Crippen LogP contribution >= 0.6 is 11.3 Å². The highest BCUT2D eigenvalue weighted by atomic mass is 32.1. The van der Waals surface area contributed by atoms with Gasteiger partial charge in [0.2, 0.25) is 5.13 Å². The van der Waals surface area contributed by atoms with Gasteiger partial charge in [-0.3, -0.25) is 5.43 Å². The standard InChI is InChI=1S/C19H25N3O2S/c1-5-8-16-10-15(12-20-22-19-21-14(4)13-25-19)11-17(23-7-3)18(16)24-9-6-2/h5,10-13H,1,6-9H2,2-4H3,(H,21,22). The summed E-state index contributed by atoms with van der Waals surface area (Å²) >= 11 is 1.52. The maximum atomic E-state index is 5.91. The largest absolute Gasteiger partial charge is 0.490 e. The molecule has 134 valence electrons. The Bertz CT molecular complexity index is 725. The number of hydrazone groups is 1. The van der Waals surface area contributed by atoms with Crippen LogP contribution in [0.5, 0.6) is 11.5 Å². The zero-order valence-corrected chi connectivity index (χ0v) is 15.9. The Kier molecular flexibility index (Phi) is 7.47. The van der Waals surface area contributed by atoms with Gasteiger partial charge in [0, 0.05) is 10.9 Å². The molecule has 2 rings (SSSR count). The normalized spacial score (nSPS) is 10.8. The highest BCUT2D eigenvalue weighted by Gasteiger charge is 2.12. The molecule has 0 aliphatic heterocycles. The van der Waals surface area contributed by atoms with Crippen molar-refractivity contribution < 1.29 is 9.47 Å². The molecule has 6 heteroatoms. The number of benzene rings is 1. The smallest absolute Gasteiger partial charge is 0.203 e. The lowest BCUT2D eigenvalue weighted by Gasteiger charge is -2.16. The van der Waals surface area contributed by atoms with Crippen molar-refractivity contribution in [3.05, 3.63) is 47.0 Å². The van der Waals surface area contributed by atoms with E-state index >= 15 is 0 Å². The molecule has 0 bridgehead atoms. The number of nitrogens with zero attached hydrogens (tertiary/aromatic N) is 2. The van der Waals surface area contributed by atoms with Gasteiger partial charge in [-0.2, -0.15) is 5.10 Å². The first-order valence-corrected chi connectivity index (χ1v) is 9.30. The zero-order valence-electron chi connectivity index (χ0n) is 15.0. The van der Waals surface area contributed by atoms with Crippen LogP contribution in [0.25, 0.3) is 0 Å². The molecule has 1 aromatic carbocycles. The predicted molar refractivity (Wildman–Crippen MR) is 105 cm³/mol. The summed E-state index contributed by atoms with van der Waals surface area (Å²) < 4.78 is 11.7. The SMILES string of the molecule is C=CCc1cc(C=NNc2nc(C)cs2)cc(OCC)c1OCCC. The fraction of sp³-hybridized carbons (Fsp3) is 0.368. The lowest BCUT2D eigenvalue weighted by molar-refractivity contribution is 0.275. The minimum absolute atomic E-state index is 0.577. The highest BCUT2D eigenvalue weighted by molar-refractivity contribution is 7.13. The molecular formula is C19H25N3O2S. The van der Waals surface area contributed by atoms with Crippen LogP contribution < -0.4 is 14.9 Å². The number of nitrogens with one attached hydrogen (secondary N) is 1. The summed E-state index contributed by atoms with van der Waals surface area (Å²) in [5.74, 6) is 1.53. The molecule has 0 atom stereocenters. The van der Waals surface area contributed by atoms with Crippen molar-refractivity contribution in [3.63, 3.8) is 0 Å². The Morgan fingerprint density at radius 1 is 1.32 bits per heavy atom. The van der Waals surface area contributed by atoms with E-state index in [4.69, 9.17) is 9.47 Å².